The molecule has 2 aromatic carbocycles. The van der Waals surface area contributed by atoms with Gasteiger partial charge in [-0.2, -0.15) is 0 Å². The third kappa shape index (κ3) is 3.72. The topological polar surface area (TPSA) is 77.1 Å². The number of nitrogens with one attached hydrogen (secondary N) is 1. The highest BCUT2D eigenvalue weighted by atomic mass is 16.7. The van der Waals surface area contributed by atoms with Crippen molar-refractivity contribution in [3.63, 3.8) is 0 Å². The summed E-state index contributed by atoms with van der Waals surface area (Å²) in [6.07, 6.45) is 0.903. The summed E-state index contributed by atoms with van der Waals surface area (Å²) in [5.41, 5.74) is 1.10. The number of ether oxygens (including phenoxy) is 3. The van der Waals surface area contributed by atoms with Crippen LogP contribution in [-0.2, 0) is 4.79 Å². The average molecular weight is 396 g/mol. The summed E-state index contributed by atoms with van der Waals surface area (Å²) in [6, 6.07) is 12.4. The lowest BCUT2D eigenvalue weighted by atomic mass is 10.1. The number of carbonyl (C=O) groups is 2. The monoisotopic (exact) mass is 396 g/mol. The molecule has 0 spiro atoms. The molecule has 2 amide bonds. The molecular weight excluding hydrogens is 372 g/mol. The summed E-state index contributed by atoms with van der Waals surface area (Å²) in [5.74, 6) is 1.24. The highest BCUT2D eigenvalue weighted by Gasteiger charge is 2.35. The quantitative estimate of drug-likeness (QED) is 0.840. The number of amides is 2. The van der Waals surface area contributed by atoms with Gasteiger partial charge in [-0.3, -0.25) is 9.59 Å². The Bertz CT molecular complexity index is 925. The summed E-state index contributed by atoms with van der Waals surface area (Å²) in [6.45, 7) is 4.34. The molecule has 2 heterocycles. The molecule has 7 nitrogen and oxygen atoms in total. The molecule has 1 atom stereocenters. The number of hydrogen-bond donors (Lipinski definition) is 1. The smallest absolute Gasteiger partial charge is 0.263 e. The first-order valence-electron chi connectivity index (χ1n) is 9.88. The molecule has 2 aliphatic rings. The Balaban J connectivity index is 1.61. The minimum Gasteiger partial charge on any atom is -0.477 e. The number of benzene rings is 2. The van der Waals surface area contributed by atoms with Crippen LogP contribution in [0.15, 0.2) is 42.5 Å². The molecule has 1 unspecified atom stereocenters. The zero-order chi connectivity index (χ0) is 20.4. The first kappa shape index (κ1) is 19.1. The molecule has 152 valence electrons. The molecule has 4 rings (SSSR count). The van der Waals surface area contributed by atoms with Crippen LogP contribution in [0.1, 0.15) is 37.0 Å². The molecular formula is C22H24N2O5. The van der Waals surface area contributed by atoms with Crippen molar-refractivity contribution >= 4 is 17.5 Å². The van der Waals surface area contributed by atoms with Crippen molar-refractivity contribution in [2.75, 3.05) is 18.2 Å². The number of carbonyl (C=O) groups excluding carboxylic acids is 2. The standard InChI is InChI=1S/C22H24N2O5/c1-3-15(4-2)23-21(25)20-12-24(16-7-5-6-8-17(16)29-20)22(26)14-9-10-18-19(11-14)28-13-27-18/h5-11,15,20H,3-4,12-13H2,1-2H3,(H,23,25). The van der Waals surface area contributed by atoms with E-state index in [1.165, 1.54) is 0 Å². The van der Waals surface area contributed by atoms with Gasteiger partial charge in [-0.15, -0.1) is 0 Å². The average Bonchev–Trinajstić information content (AvgIpc) is 3.23. The van der Waals surface area contributed by atoms with Gasteiger partial charge in [0, 0.05) is 11.6 Å². The number of rotatable bonds is 5. The van der Waals surface area contributed by atoms with E-state index >= 15 is 0 Å². The van der Waals surface area contributed by atoms with Crippen LogP contribution >= 0.6 is 0 Å². The molecule has 29 heavy (non-hydrogen) atoms. The predicted molar refractivity (Wildman–Crippen MR) is 108 cm³/mol. The van der Waals surface area contributed by atoms with E-state index in [0.717, 1.165) is 12.8 Å². The number of fused-ring (bicyclic) bond motifs is 2. The highest BCUT2D eigenvalue weighted by molar-refractivity contribution is 6.08. The molecule has 0 aromatic heterocycles. The van der Waals surface area contributed by atoms with Gasteiger partial charge in [0.1, 0.15) is 5.75 Å². The zero-order valence-corrected chi connectivity index (χ0v) is 16.5. The number of anilines is 1. The van der Waals surface area contributed by atoms with Crippen molar-refractivity contribution < 1.29 is 23.8 Å². The summed E-state index contributed by atoms with van der Waals surface area (Å²) in [4.78, 5) is 27.7. The summed E-state index contributed by atoms with van der Waals surface area (Å²) in [7, 11) is 0. The highest BCUT2D eigenvalue weighted by Crippen LogP contribution is 2.36. The fourth-order valence-corrected chi connectivity index (χ4v) is 3.54. The number of para-hydroxylation sites is 2. The molecule has 0 fully saturated rings. The Hall–Kier alpha value is -3.22. The summed E-state index contributed by atoms with van der Waals surface area (Å²) >= 11 is 0. The van der Waals surface area contributed by atoms with E-state index in [0.29, 0.717) is 28.5 Å². The Morgan fingerprint density at radius 2 is 1.83 bits per heavy atom. The summed E-state index contributed by atoms with van der Waals surface area (Å²) in [5, 5.41) is 3.01. The van der Waals surface area contributed by atoms with Crippen molar-refractivity contribution in [3.05, 3.63) is 48.0 Å². The van der Waals surface area contributed by atoms with Gasteiger partial charge in [-0.25, -0.2) is 0 Å². The van der Waals surface area contributed by atoms with E-state index in [9.17, 15) is 9.59 Å². The molecule has 2 aromatic rings. The van der Waals surface area contributed by atoms with Crippen LogP contribution in [0.25, 0.3) is 0 Å². The van der Waals surface area contributed by atoms with Gasteiger partial charge in [0.05, 0.1) is 12.2 Å². The SMILES string of the molecule is CCC(CC)NC(=O)C1CN(C(=O)c2ccc3c(c2)OCO3)c2ccccc2O1. The maximum Gasteiger partial charge on any atom is 0.263 e. The van der Waals surface area contributed by atoms with Gasteiger partial charge in [0.2, 0.25) is 6.79 Å². The van der Waals surface area contributed by atoms with Gasteiger partial charge in [0.25, 0.3) is 11.8 Å². The van der Waals surface area contributed by atoms with Crippen LogP contribution in [0.5, 0.6) is 17.2 Å². The summed E-state index contributed by atoms with van der Waals surface area (Å²) < 4.78 is 16.6. The predicted octanol–water partition coefficient (Wildman–Crippen LogP) is 3.13. The molecule has 0 saturated carbocycles. The van der Waals surface area contributed by atoms with Gasteiger partial charge in [-0.05, 0) is 43.2 Å². The van der Waals surface area contributed by atoms with Crippen LogP contribution in [0.2, 0.25) is 0 Å². The minimum atomic E-state index is -0.775. The van der Waals surface area contributed by atoms with Crippen molar-refractivity contribution in [2.24, 2.45) is 0 Å². The lowest BCUT2D eigenvalue weighted by Gasteiger charge is -2.34. The van der Waals surface area contributed by atoms with E-state index in [4.69, 9.17) is 14.2 Å². The van der Waals surface area contributed by atoms with Crippen LogP contribution < -0.4 is 24.4 Å². The number of hydrogen-bond acceptors (Lipinski definition) is 5. The first-order valence-corrected chi connectivity index (χ1v) is 9.88. The lowest BCUT2D eigenvalue weighted by molar-refractivity contribution is -0.128. The van der Waals surface area contributed by atoms with Crippen LogP contribution in [0.4, 0.5) is 5.69 Å². The van der Waals surface area contributed by atoms with E-state index in [2.05, 4.69) is 5.32 Å². The molecule has 7 heteroatoms. The second-order valence-corrected chi connectivity index (χ2v) is 7.08. The second kappa shape index (κ2) is 8.03. The third-order valence-corrected chi connectivity index (χ3v) is 5.26. The maximum atomic E-state index is 13.3. The first-order chi connectivity index (χ1) is 14.1. The Kier molecular flexibility index (Phi) is 5.29. The molecule has 0 aliphatic carbocycles. The number of nitrogens with zero attached hydrogens (tertiary/aromatic N) is 1. The normalized spacial score (nSPS) is 16.9. The van der Waals surface area contributed by atoms with E-state index < -0.39 is 6.10 Å². The minimum absolute atomic E-state index is 0.0845. The third-order valence-electron chi connectivity index (χ3n) is 5.26. The fourth-order valence-electron chi connectivity index (χ4n) is 3.54. The van der Waals surface area contributed by atoms with Gasteiger partial charge in [0.15, 0.2) is 17.6 Å². The van der Waals surface area contributed by atoms with Crippen LogP contribution in [0.3, 0.4) is 0 Å². The largest absolute Gasteiger partial charge is 0.477 e. The van der Waals surface area contributed by atoms with Crippen molar-refractivity contribution in [3.8, 4) is 17.2 Å². The lowest BCUT2D eigenvalue weighted by Crippen LogP contribution is -2.52. The van der Waals surface area contributed by atoms with Gasteiger partial charge in [-0.1, -0.05) is 26.0 Å². The van der Waals surface area contributed by atoms with Crippen LogP contribution in [-0.4, -0.2) is 37.3 Å². The Morgan fingerprint density at radius 3 is 2.62 bits per heavy atom. The Morgan fingerprint density at radius 1 is 1.07 bits per heavy atom. The van der Waals surface area contributed by atoms with Crippen molar-refractivity contribution in [1.29, 1.82) is 0 Å². The van der Waals surface area contributed by atoms with E-state index in [1.807, 2.05) is 32.0 Å². The molecule has 0 bridgehead atoms. The van der Waals surface area contributed by atoms with E-state index in [-0.39, 0.29) is 31.2 Å². The van der Waals surface area contributed by atoms with Crippen molar-refractivity contribution in [1.82, 2.24) is 5.32 Å². The zero-order valence-electron chi connectivity index (χ0n) is 16.5. The van der Waals surface area contributed by atoms with Crippen molar-refractivity contribution in [2.45, 2.75) is 38.8 Å². The van der Waals surface area contributed by atoms with Crippen LogP contribution in [0, 0.1) is 0 Å². The maximum absolute atomic E-state index is 13.3. The Labute approximate surface area is 169 Å². The van der Waals surface area contributed by atoms with Gasteiger partial charge >= 0.3 is 0 Å². The fraction of sp³-hybridized carbons (Fsp3) is 0.364. The second-order valence-electron chi connectivity index (χ2n) is 7.08. The molecule has 2 aliphatic heterocycles. The van der Waals surface area contributed by atoms with Gasteiger partial charge < -0.3 is 24.4 Å². The van der Waals surface area contributed by atoms with E-state index in [1.54, 1.807) is 29.2 Å². The molecule has 0 saturated heterocycles. The molecule has 1 N–H and O–H groups in total. The molecule has 0 radical (unpaired) electrons.